The third-order valence-corrected chi connectivity index (χ3v) is 8.01. The summed E-state index contributed by atoms with van der Waals surface area (Å²) in [6, 6.07) is 3.05. The smallest absolute Gasteiger partial charge is 0.369 e. The first-order valence-corrected chi connectivity index (χ1v) is 11.3. The van der Waals surface area contributed by atoms with Gasteiger partial charge in [-0.2, -0.15) is 5.10 Å². The topological polar surface area (TPSA) is 197 Å². The Kier molecular flexibility index (Phi) is 7.74. The molecular formula is C11H14Br2N2O9P2. The van der Waals surface area contributed by atoms with Crippen molar-refractivity contribution in [3.05, 3.63) is 26.6 Å². The average Bonchev–Trinajstić information content (AvgIpc) is 2.47. The number of hydrazone groups is 1. The average molecular weight is 540 g/mol. The summed E-state index contributed by atoms with van der Waals surface area (Å²) in [4.78, 5) is 47.5. The van der Waals surface area contributed by atoms with Crippen LogP contribution in [0, 0.1) is 0 Å². The van der Waals surface area contributed by atoms with Crippen LogP contribution < -0.4 is 5.43 Å². The lowest BCUT2D eigenvalue weighted by atomic mass is 10.2. The Morgan fingerprint density at radius 2 is 1.73 bits per heavy atom. The maximum atomic E-state index is 11.6. The Morgan fingerprint density at radius 1 is 1.19 bits per heavy atom. The molecule has 0 radical (unpaired) electrons. The maximum Gasteiger partial charge on any atom is 0.369 e. The van der Waals surface area contributed by atoms with Gasteiger partial charge in [0, 0.05) is 22.9 Å². The van der Waals surface area contributed by atoms with Crippen molar-refractivity contribution < 1.29 is 43.7 Å². The van der Waals surface area contributed by atoms with Crippen molar-refractivity contribution in [2.45, 2.75) is 17.9 Å². The van der Waals surface area contributed by atoms with Crippen LogP contribution in [0.2, 0.25) is 0 Å². The zero-order valence-electron chi connectivity index (χ0n) is 12.7. The molecule has 0 bridgehead atoms. The summed E-state index contributed by atoms with van der Waals surface area (Å²) in [7, 11) is -11.3. The number of hydrogen-bond donors (Lipinski definition) is 7. The van der Waals surface area contributed by atoms with E-state index < -0.39 is 39.0 Å². The summed E-state index contributed by atoms with van der Waals surface area (Å²) < 4.78 is 23.3. The third kappa shape index (κ3) is 5.69. The van der Waals surface area contributed by atoms with Crippen LogP contribution >= 0.6 is 47.1 Å². The number of hydrogen-bond acceptors (Lipinski definition) is 6. The fourth-order valence-electron chi connectivity index (χ4n) is 1.66. The number of phenolic OH excluding ortho intramolecular Hbond substituents is 1. The van der Waals surface area contributed by atoms with Gasteiger partial charge in [0.25, 0.3) is 5.08 Å². The summed E-state index contributed by atoms with van der Waals surface area (Å²) in [5, 5.41) is 19.3. The van der Waals surface area contributed by atoms with E-state index in [1.54, 1.807) is 6.07 Å². The number of benzene rings is 1. The minimum atomic E-state index is -5.63. The Hall–Kier alpha value is -0.620. The summed E-state index contributed by atoms with van der Waals surface area (Å²) in [6.45, 7) is 0. The summed E-state index contributed by atoms with van der Waals surface area (Å²) in [5.41, 5.74) is 2.16. The predicted octanol–water partition coefficient (Wildman–Crippen LogP) is 1.15. The molecule has 0 spiro atoms. The minimum absolute atomic E-state index is 0.163. The molecule has 0 heterocycles. The summed E-state index contributed by atoms with van der Waals surface area (Å²) in [6.07, 6.45) is -0.963. The van der Waals surface area contributed by atoms with E-state index in [4.69, 9.17) is 19.6 Å². The molecule has 15 heteroatoms. The number of halogens is 2. The first-order chi connectivity index (χ1) is 11.7. The number of aromatic hydroxyl groups is 1. The number of rotatable bonds is 7. The molecule has 0 aliphatic heterocycles. The van der Waals surface area contributed by atoms with Gasteiger partial charge in [-0.3, -0.25) is 13.9 Å². The predicted molar refractivity (Wildman–Crippen MR) is 97.5 cm³/mol. The highest BCUT2D eigenvalue weighted by atomic mass is 79.9. The van der Waals surface area contributed by atoms with E-state index in [-0.39, 0.29) is 11.3 Å². The quantitative estimate of drug-likeness (QED) is 0.151. The molecule has 11 nitrogen and oxygen atoms in total. The van der Waals surface area contributed by atoms with Crippen molar-refractivity contribution in [1.29, 1.82) is 0 Å². The second-order valence-electron chi connectivity index (χ2n) is 4.98. The molecule has 0 unspecified atom stereocenters. The highest BCUT2D eigenvalue weighted by Crippen LogP contribution is 2.69. The normalized spacial score (nSPS) is 13.2. The second kappa shape index (κ2) is 8.59. The SMILES string of the molecule is O=C(CCC(O)(P(=O)(O)O)P(=O)(O)O)NN=Cc1cc(Br)cc(Br)c1O. The molecule has 1 aromatic rings. The second-order valence-corrected chi connectivity index (χ2v) is 10.8. The van der Waals surface area contributed by atoms with Crippen LogP contribution in [0.25, 0.3) is 0 Å². The maximum absolute atomic E-state index is 11.6. The van der Waals surface area contributed by atoms with Gasteiger partial charge in [0.1, 0.15) is 5.75 Å². The number of carbonyl (C=O) groups excluding carboxylic acids is 1. The Bertz CT molecular complexity index is 798. The lowest BCUT2D eigenvalue weighted by molar-refractivity contribution is -0.121. The van der Waals surface area contributed by atoms with Gasteiger partial charge in [0.05, 0.1) is 10.7 Å². The monoisotopic (exact) mass is 538 g/mol. The molecule has 1 aromatic carbocycles. The van der Waals surface area contributed by atoms with E-state index in [0.29, 0.717) is 8.95 Å². The van der Waals surface area contributed by atoms with Gasteiger partial charge in [-0.1, -0.05) is 15.9 Å². The van der Waals surface area contributed by atoms with Crippen molar-refractivity contribution >= 4 is 59.2 Å². The third-order valence-electron chi connectivity index (χ3n) is 3.07. The van der Waals surface area contributed by atoms with Crippen LogP contribution in [0.4, 0.5) is 0 Å². The van der Waals surface area contributed by atoms with Crippen molar-refractivity contribution in [2.75, 3.05) is 0 Å². The molecule has 26 heavy (non-hydrogen) atoms. The first kappa shape index (κ1) is 23.4. The van der Waals surface area contributed by atoms with E-state index in [1.807, 2.05) is 5.43 Å². The van der Waals surface area contributed by atoms with Crippen molar-refractivity contribution in [2.24, 2.45) is 5.10 Å². The Balaban J connectivity index is 2.79. The zero-order chi connectivity index (χ0) is 20.3. The van der Waals surface area contributed by atoms with E-state index >= 15 is 0 Å². The van der Waals surface area contributed by atoms with Gasteiger partial charge in [-0.25, -0.2) is 5.43 Å². The molecule has 0 saturated heterocycles. The van der Waals surface area contributed by atoms with E-state index in [9.17, 15) is 24.1 Å². The van der Waals surface area contributed by atoms with Crippen LogP contribution in [0.3, 0.4) is 0 Å². The van der Waals surface area contributed by atoms with Crippen molar-refractivity contribution in [3.8, 4) is 5.75 Å². The van der Waals surface area contributed by atoms with Gasteiger partial charge in [-0.05, 0) is 28.1 Å². The van der Waals surface area contributed by atoms with Gasteiger partial charge in [0.15, 0.2) is 0 Å². The highest BCUT2D eigenvalue weighted by molar-refractivity contribution is 9.11. The largest absolute Gasteiger partial charge is 0.506 e. The van der Waals surface area contributed by atoms with Crippen LogP contribution in [0.1, 0.15) is 18.4 Å². The molecule has 0 aliphatic rings. The van der Waals surface area contributed by atoms with Crippen LogP contribution in [-0.4, -0.2) is 47.0 Å². The van der Waals surface area contributed by atoms with Crippen LogP contribution in [-0.2, 0) is 13.9 Å². The molecule has 1 rings (SSSR count). The number of nitrogens with zero attached hydrogens (tertiary/aromatic N) is 1. The molecule has 1 amide bonds. The molecule has 0 fully saturated rings. The highest BCUT2D eigenvalue weighted by Gasteiger charge is 2.59. The van der Waals surface area contributed by atoms with Gasteiger partial charge >= 0.3 is 15.2 Å². The van der Waals surface area contributed by atoms with Gasteiger partial charge in [-0.15, -0.1) is 0 Å². The molecule has 0 aliphatic carbocycles. The molecule has 146 valence electrons. The molecular weight excluding hydrogens is 526 g/mol. The number of aliphatic hydroxyl groups is 1. The number of phenols is 1. The minimum Gasteiger partial charge on any atom is -0.506 e. The number of amides is 1. The van der Waals surface area contributed by atoms with Gasteiger partial charge in [0.2, 0.25) is 5.91 Å². The van der Waals surface area contributed by atoms with Crippen molar-refractivity contribution in [3.63, 3.8) is 0 Å². The molecule has 7 N–H and O–H groups in total. The summed E-state index contributed by atoms with van der Waals surface area (Å²) >= 11 is 6.28. The summed E-state index contributed by atoms with van der Waals surface area (Å²) in [5.74, 6) is -1.14. The van der Waals surface area contributed by atoms with Crippen LogP contribution in [0.5, 0.6) is 5.75 Å². The molecule has 0 aromatic heterocycles. The number of nitrogens with one attached hydrogen (secondary N) is 1. The van der Waals surface area contributed by atoms with Crippen LogP contribution in [0.15, 0.2) is 26.2 Å². The van der Waals surface area contributed by atoms with E-state index in [2.05, 4.69) is 37.0 Å². The Morgan fingerprint density at radius 3 is 2.23 bits per heavy atom. The fourth-order valence-corrected chi connectivity index (χ4v) is 5.08. The zero-order valence-corrected chi connectivity index (χ0v) is 17.6. The standard InChI is InChI=1S/C11H14Br2N2O9P2/c12-7-3-6(10(17)8(13)4-7)5-14-15-9(16)1-2-11(18,25(19,20)21)26(22,23)24/h3-5,17-18H,1-2H2,(H,15,16)(H2,19,20,21)(H2,22,23,24). The van der Waals surface area contributed by atoms with E-state index in [1.165, 1.54) is 6.07 Å². The Labute approximate surface area is 163 Å². The lowest BCUT2D eigenvalue weighted by Crippen LogP contribution is -2.31. The van der Waals surface area contributed by atoms with E-state index in [0.717, 1.165) is 6.21 Å². The lowest BCUT2D eigenvalue weighted by Gasteiger charge is -2.28. The fraction of sp³-hybridized carbons (Fsp3) is 0.273. The first-order valence-electron chi connectivity index (χ1n) is 6.52. The van der Waals surface area contributed by atoms with Gasteiger partial charge < -0.3 is 29.8 Å². The molecule has 0 saturated carbocycles. The molecule has 0 atom stereocenters. The number of carbonyl (C=O) groups is 1. The van der Waals surface area contributed by atoms with Crippen molar-refractivity contribution in [1.82, 2.24) is 5.43 Å².